The number of halogens is 1. The van der Waals surface area contributed by atoms with Crippen LogP contribution in [0.5, 0.6) is 5.75 Å². The standard InChI is InChI=1S/C21H34N4O2.HI/c1-5-22-21(24-18-10-12-25(13-11-18)15-16(2)3)23-14-20(26)17-6-8-19(27-4)9-7-17;/h6-9,18,20,26H,2,5,10-15H2,1,3-4H3,(H2,22,23,24);1H. The van der Waals surface area contributed by atoms with Gasteiger partial charge < -0.3 is 20.5 Å². The van der Waals surface area contributed by atoms with Crippen LogP contribution in [0, 0.1) is 0 Å². The van der Waals surface area contributed by atoms with Gasteiger partial charge in [0.25, 0.3) is 0 Å². The SMILES string of the molecule is C=C(C)CN1CCC(NC(=NCC(O)c2ccc(OC)cc2)NCC)CC1.I. The topological polar surface area (TPSA) is 69.1 Å². The van der Waals surface area contributed by atoms with Gasteiger partial charge in [0.1, 0.15) is 5.75 Å². The molecule has 0 aliphatic carbocycles. The number of nitrogens with one attached hydrogen (secondary N) is 2. The van der Waals surface area contributed by atoms with E-state index in [4.69, 9.17) is 4.74 Å². The van der Waals surface area contributed by atoms with E-state index in [9.17, 15) is 5.11 Å². The molecule has 28 heavy (non-hydrogen) atoms. The molecular weight excluding hydrogens is 467 g/mol. The molecule has 1 aliphatic rings. The Hall–Kier alpha value is -1.32. The van der Waals surface area contributed by atoms with Gasteiger partial charge in [-0.1, -0.05) is 24.3 Å². The van der Waals surface area contributed by atoms with Gasteiger partial charge in [-0.05, 0) is 44.4 Å². The monoisotopic (exact) mass is 502 g/mol. The van der Waals surface area contributed by atoms with Gasteiger partial charge in [-0.15, -0.1) is 24.0 Å². The number of ether oxygens (including phenoxy) is 1. The number of piperidine rings is 1. The Balaban J connectivity index is 0.00000392. The van der Waals surface area contributed by atoms with Crippen molar-refractivity contribution in [2.24, 2.45) is 4.99 Å². The fourth-order valence-corrected chi connectivity index (χ4v) is 3.24. The van der Waals surface area contributed by atoms with E-state index < -0.39 is 6.10 Å². The molecule has 2 rings (SSSR count). The van der Waals surface area contributed by atoms with Crippen molar-refractivity contribution in [1.82, 2.24) is 15.5 Å². The third-order valence-corrected chi connectivity index (χ3v) is 4.69. The lowest BCUT2D eigenvalue weighted by Gasteiger charge is -2.33. The molecule has 1 atom stereocenters. The highest BCUT2D eigenvalue weighted by Gasteiger charge is 2.20. The summed E-state index contributed by atoms with van der Waals surface area (Å²) in [6, 6.07) is 7.85. The third-order valence-electron chi connectivity index (χ3n) is 4.69. The zero-order valence-corrected chi connectivity index (χ0v) is 19.6. The lowest BCUT2D eigenvalue weighted by Crippen LogP contribution is -2.49. The average Bonchev–Trinajstić information content (AvgIpc) is 2.67. The molecule has 0 aromatic heterocycles. The Morgan fingerprint density at radius 3 is 2.50 bits per heavy atom. The summed E-state index contributed by atoms with van der Waals surface area (Å²) in [6.07, 6.45) is 1.53. The number of guanidine groups is 1. The maximum absolute atomic E-state index is 10.4. The summed E-state index contributed by atoms with van der Waals surface area (Å²) in [4.78, 5) is 7.02. The molecular formula is C21H35IN4O2. The van der Waals surface area contributed by atoms with E-state index in [1.165, 1.54) is 5.57 Å². The molecule has 3 N–H and O–H groups in total. The van der Waals surface area contributed by atoms with Crippen LogP contribution in [0.4, 0.5) is 0 Å². The maximum Gasteiger partial charge on any atom is 0.191 e. The van der Waals surface area contributed by atoms with E-state index in [0.717, 1.165) is 56.3 Å². The Kier molecular flexibility index (Phi) is 11.5. The zero-order chi connectivity index (χ0) is 19.6. The molecule has 6 nitrogen and oxygen atoms in total. The summed E-state index contributed by atoms with van der Waals surface area (Å²) in [6.45, 7) is 12.3. The summed E-state index contributed by atoms with van der Waals surface area (Å²) in [5.41, 5.74) is 2.05. The van der Waals surface area contributed by atoms with Crippen molar-refractivity contribution in [2.45, 2.75) is 38.8 Å². The number of nitrogens with zero attached hydrogens (tertiary/aromatic N) is 2. The number of rotatable bonds is 8. The first-order valence-corrected chi connectivity index (χ1v) is 9.75. The van der Waals surface area contributed by atoms with E-state index >= 15 is 0 Å². The Morgan fingerprint density at radius 2 is 1.96 bits per heavy atom. The van der Waals surface area contributed by atoms with Crippen LogP contribution in [0.3, 0.4) is 0 Å². The van der Waals surface area contributed by atoms with Crippen molar-refractivity contribution in [1.29, 1.82) is 0 Å². The fraction of sp³-hybridized carbons (Fsp3) is 0.571. The van der Waals surface area contributed by atoms with Crippen LogP contribution >= 0.6 is 24.0 Å². The van der Waals surface area contributed by atoms with Gasteiger partial charge in [-0.3, -0.25) is 9.89 Å². The fourth-order valence-electron chi connectivity index (χ4n) is 3.24. The van der Waals surface area contributed by atoms with E-state index in [2.05, 4.69) is 34.0 Å². The Labute approximate surface area is 186 Å². The van der Waals surface area contributed by atoms with Crippen molar-refractivity contribution >= 4 is 29.9 Å². The molecule has 158 valence electrons. The number of hydrogen-bond donors (Lipinski definition) is 3. The zero-order valence-electron chi connectivity index (χ0n) is 17.3. The van der Waals surface area contributed by atoms with Crippen LogP contribution in [0.25, 0.3) is 0 Å². The minimum atomic E-state index is -0.635. The van der Waals surface area contributed by atoms with Crippen molar-refractivity contribution in [3.8, 4) is 5.75 Å². The first kappa shape index (κ1) is 24.7. The smallest absolute Gasteiger partial charge is 0.191 e. The molecule has 0 spiro atoms. The van der Waals surface area contributed by atoms with E-state index in [1.54, 1.807) is 7.11 Å². The van der Waals surface area contributed by atoms with Gasteiger partial charge in [-0.2, -0.15) is 0 Å². The molecule has 0 saturated carbocycles. The second-order valence-corrected chi connectivity index (χ2v) is 7.16. The number of methoxy groups -OCH3 is 1. The molecule has 1 heterocycles. The third kappa shape index (κ3) is 8.36. The van der Waals surface area contributed by atoms with Gasteiger partial charge in [-0.25, -0.2) is 0 Å². The molecule has 0 bridgehead atoms. The lowest BCUT2D eigenvalue weighted by atomic mass is 10.0. The minimum Gasteiger partial charge on any atom is -0.497 e. The van der Waals surface area contributed by atoms with Gasteiger partial charge in [0.15, 0.2) is 5.96 Å². The highest BCUT2D eigenvalue weighted by molar-refractivity contribution is 14.0. The Bertz CT molecular complexity index is 613. The van der Waals surface area contributed by atoms with Gasteiger partial charge in [0.05, 0.1) is 19.8 Å². The summed E-state index contributed by atoms with van der Waals surface area (Å²) < 4.78 is 5.15. The number of aliphatic hydroxyl groups is 1. The number of benzene rings is 1. The number of hydrogen-bond acceptors (Lipinski definition) is 4. The summed E-state index contributed by atoms with van der Waals surface area (Å²) in [7, 11) is 1.63. The molecule has 7 heteroatoms. The normalized spacial score (nSPS) is 16.8. The van der Waals surface area contributed by atoms with Crippen LogP contribution in [0.15, 0.2) is 41.4 Å². The highest BCUT2D eigenvalue weighted by Crippen LogP contribution is 2.18. The molecule has 0 amide bonds. The number of aliphatic imine (C=N–C) groups is 1. The van der Waals surface area contributed by atoms with Crippen molar-refractivity contribution in [3.05, 3.63) is 42.0 Å². The second-order valence-electron chi connectivity index (χ2n) is 7.16. The predicted molar refractivity (Wildman–Crippen MR) is 127 cm³/mol. The Morgan fingerprint density at radius 1 is 1.32 bits per heavy atom. The van der Waals surface area contributed by atoms with Crippen LogP contribution in [-0.2, 0) is 0 Å². The van der Waals surface area contributed by atoms with Crippen LogP contribution < -0.4 is 15.4 Å². The van der Waals surface area contributed by atoms with Gasteiger partial charge in [0, 0.05) is 32.2 Å². The largest absolute Gasteiger partial charge is 0.497 e. The minimum absolute atomic E-state index is 0. The molecule has 1 fully saturated rings. The first-order chi connectivity index (χ1) is 13.0. The molecule has 1 unspecified atom stereocenters. The molecule has 1 aromatic rings. The maximum atomic E-state index is 10.4. The number of likely N-dealkylation sites (tertiary alicyclic amines) is 1. The molecule has 0 radical (unpaired) electrons. The summed E-state index contributed by atoms with van der Waals surface area (Å²) in [5, 5.41) is 17.2. The average molecular weight is 502 g/mol. The predicted octanol–water partition coefficient (Wildman–Crippen LogP) is 2.94. The summed E-state index contributed by atoms with van der Waals surface area (Å²) >= 11 is 0. The van der Waals surface area contributed by atoms with Crippen LogP contribution in [0.1, 0.15) is 38.4 Å². The molecule has 1 aliphatic heterocycles. The quantitative estimate of drug-likeness (QED) is 0.221. The van der Waals surface area contributed by atoms with E-state index in [0.29, 0.717) is 12.6 Å². The highest BCUT2D eigenvalue weighted by atomic mass is 127. The first-order valence-electron chi connectivity index (χ1n) is 9.75. The molecule has 1 aromatic carbocycles. The lowest BCUT2D eigenvalue weighted by molar-refractivity contribution is 0.186. The summed E-state index contributed by atoms with van der Waals surface area (Å²) in [5.74, 6) is 1.55. The van der Waals surface area contributed by atoms with Gasteiger partial charge in [0.2, 0.25) is 0 Å². The van der Waals surface area contributed by atoms with Crippen molar-refractivity contribution < 1.29 is 9.84 Å². The van der Waals surface area contributed by atoms with Crippen LogP contribution in [-0.4, -0.2) is 61.8 Å². The molecule has 1 saturated heterocycles. The van der Waals surface area contributed by atoms with Crippen molar-refractivity contribution in [2.75, 3.05) is 39.8 Å². The van der Waals surface area contributed by atoms with E-state index in [1.807, 2.05) is 31.2 Å². The number of aliphatic hydroxyl groups excluding tert-OH is 1. The van der Waals surface area contributed by atoms with Gasteiger partial charge >= 0.3 is 0 Å². The van der Waals surface area contributed by atoms with E-state index in [-0.39, 0.29) is 24.0 Å². The second kappa shape index (κ2) is 13.0. The van der Waals surface area contributed by atoms with Crippen LogP contribution in [0.2, 0.25) is 0 Å². The van der Waals surface area contributed by atoms with Crippen molar-refractivity contribution in [3.63, 3.8) is 0 Å².